The summed E-state index contributed by atoms with van der Waals surface area (Å²) in [6, 6.07) is 19.5. The van der Waals surface area contributed by atoms with E-state index in [2.05, 4.69) is 27.3 Å². The summed E-state index contributed by atoms with van der Waals surface area (Å²) in [5.74, 6) is 0.271. The molecule has 0 aromatic heterocycles. The molecule has 0 radical (unpaired) electrons. The molecule has 0 aliphatic carbocycles. The molecule has 1 aliphatic rings. The molecular weight excluding hydrogens is 546 g/mol. The molecule has 1 saturated heterocycles. The van der Waals surface area contributed by atoms with Crippen molar-refractivity contribution in [2.45, 2.75) is 20.1 Å². The number of hydrogen-bond acceptors (Lipinski definition) is 5. The number of urea groups is 1. The lowest BCUT2D eigenvalue weighted by Crippen LogP contribution is -2.30. The lowest BCUT2D eigenvalue weighted by Gasteiger charge is -2.15. The Kier molecular flexibility index (Phi) is 7.93. The molecule has 9 heteroatoms. The number of benzene rings is 3. The van der Waals surface area contributed by atoms with Gasteiger partial charge in [0.05, 0.1) is 29.8 Å². The highest BCUT2D eigenvalue weighted by molar-refractivity contribution is 9.10. The van der Waals surface area contributed by atoms with Crippen LogP contribution in [-0.2, 0) is 17.9 Å². The molecule has 3 aromatic carbocycles. The minimum Gasteiger partial charge on any atom is -0.490 e. The standard InChI is InChI=1S/C27H21BrClN3O4/c1-2-35-24-13-18(11-22(29)25(24)36-16-20-6-4-3-5-19(20)14-30)12-23-26(33)32(27(34)31-23)15-17-7-9-21(28)10-8-17/h3-13H,2,15-16H2,1H3,(H,31,34)/b23-12+. The molecule has 0 spiro atoms. The van der Waals surface area contributed by atoms with E-state index in [4.69, 9.17) is 21.1 Å². The monoisotopic (exact) mass is 565 g/mol. The quantitative estimate of drug-likeness (QED) is 0.265. The number of imide groups is 1. The fourth-order valence-electron chi connectivity index (χ4n) is 3.63. The van der Waals surface area contributed by atoms with Crippen LogP contribution in [-0.4, -0.2) is 23.4 Å². The molecule has 3 amide bonds. The van der Waals surface area contributed by atoms with Crippen LogP contribution in [0.15, 0.2) is 70.8 Å². The maximum absolute atomic E-state index is 12.9. The highest BCUT2D eigenvalue weighted by atomic mass is 79.9. The van der Waals surface area contributed by atoms with Crippen LogP contribution in [0.3, 0.4) is 0 Å². The molecule has 1 fully saturated rings. The number of amides is 3. The summed E-state index contributed by atoms with van der Waals surface area (Å²) in [4.78, 5) is 26.5. The molecular formula is C27H21BrClN3O4. The first-order valence-electron chi connectivity index (χ1n) is 11.1. The summed E-state index contributed by atoms with van der Waals surface area (Å²) in [5.41, 5.74) is 2.74. The fourth-order valence-corrected chi connectivity index (χ4v) is 4.17. The summed E-state index contributed by atoms with van der Waals surface area (Å²) in [6.45, 7) is 2.47. The Labute approximate surface area is 222 Å². The molecule has 1 N–H and O–H groups in total. The Morgan fingerprint density at radius 1 is 1.11 bits per heavy atom. The molecule has 0 bridgehead atoms. The second kappa shape index (κ2) is 11.3. The van der Waals surface area contributed by atoms with Gasteiger partial charge in [0.1, 0.15) is 12.3 Å². The van der Waals surface area contributed by atoms with E-state index in [1.807, 2.05) is 37.3 Å². The third-order valence-corrected chi connectivity index (χ3v) is 6.18. The lowest BCUT2D eigenvalue weighted by molar-refractivity contribution is -0.123. The van der Waals surface area contributed by atoms with Crippen molar-refractivity contribution in [1.29, 1.82) is 5.26 Å². The summed E-state index contributed by atoms with van der Waals surface area (Å²) in [6.07, 6.45) is 1.55. The van der Waals surface area contributed by atoms with Crippen molar-refractivity contribution in [2.24, 2.45) is 0 Å². The minimum atomic E-state index is -0.499. The second-order valence-electron chi connectivity index (χ2n) is 7.83. The van der Waals surface area contributed by atoms with Crippen LogP contribution >= 0.6 is 27.5 Å². The fraction of sp³-hybridized carbons (Fsp3) is 0.148. The van der Waals surface area contributed by atoms with Crippen molar-refractivity contribution >= 4 is 45.5 Å². The van der Waals surface area contributed by atoms with E-state index in [-0.39, 0.29) is 23.9 Å². The summed E-state index contributed by atoms with van der Waals surface area (Å²) >= 11 is 9.90. The Balaban J connectivity index is 1.56. The first-order valence-corrected chi connectivity index (χ1v) is 12.2. The number of halogens is 2. The normalized spacial score (nSPS) is 14.1. The SMILES string of the molecule is CCOc1cc(/C=C2/NC(=O)N(Cc3ccc(Br)cc3)C2=O)cc(Cl)c1OCc1ccccc1C#N. The largest absolute Gasteiger partial charge is 0.490 e. The van der Waals surface area contributed by atoms with E-state index < -0.39 is 11.9 Å². The first-order chi connectivity index (χ1) is 17.4. The van der Waals surface area contributed by atoms with Crippen LogP contribution in [0.1, 0.15) is 29.2 Å². The highest BCUT2D eigenvalue weighted by Gasteiger charge is 2.33. The molecule has 0 saturated carbocycles. The predicted molar refractivity (Wildman–Crippen MR) is 139 cm³/mol. The van der Waals surface area contributed by atoms with Crippen molar-refractivity contribution < 1.29 is 19.1 Å². The maximum Gasteiger partial charge on any atom is 0.329 e. The van der Waals surface area contributed by atoms with Crippen LogP contribution in [0.5, 0.6) is 11.5 Å². The van der Waals surface area contributed by atoms with Gasteiger partial charge in [-0.1, -0.05) is 57.9 Å². The van der Waals surface area contributed by atoms with Gasteiger partial charge in [0.15, 0.2) is 11.5 Å². The van der Waals surface area contributed by atoms with Gasteiger partial charge < -0.3 is 14.8 Å². The summed E-state index contributed by atoms with van der Waals surface area (Å²) in [5, 5.41) is 12.2. The van der Waals surface area contributed by atoms with Crippen LogP contribution in [0.4, 0.5) is 4.79 Å². The van der Waals surface area contributed by atoms with Gasteiger partial charge in [-0.15, -0.1) is 0 Å². The molecule has 4 rings (SSSR count). The number of carbonyl (C=O) groups excluding carboxylic acids is 2. The number of hydrogen-bond donors (Lipinski definition) is 1. The molecule has 1 aliphatic heterocycles. The minimum absolute atomic E-state index is 0.128. The molecule has 36 heavy (non-hydrogen) atoms. The molecule has 0 unspecified atom stereocenters. The topological polar surface area (TPSA) is 91.7 Å². The number of nitriles is 1. The average molecular weight is 567 g/mol. The Hall–Kier alpha value is -3.80. The molecule has 3 aromatic rings. The Morgan fingerprint density at radius 2 is 1.86 bits per heavy atom. The first kappa shape index (κ1) is 25.3. The van der Waals surface area contributed by atoms with Gasteiger partial charge in [0, 0.05) is 10.0 Å². The number of ether oxygens (including phenoxy) is 2. The zero-order valence-electron chi connectivity index (χ0n) is 19.3. The molecule has 0 atom stereocenters. The third kappa shape index (κ3) is 5.70. The summed E-state index contributed by atoms with van der Waals surface area (Å²) < 4.78 is 12.6. The zero-order chi connectivity index (χ0) is 25.7. The van der Waals surface area contributed by atoms with E-state index in [0.29, 0.717) is 29.2 Å². The van der Waals surface area contributed by atoms with Crippen LogP contribution < -0.4 is 14.8 Å². The Bertz CT molecular complexity index is 1380. The zero-order valence-corrected chi connectivity index (χ0v) is 21.6. The van der Waals surface area contributed by atoms with Gasteiger partial charge in [0.2, 0.25) is 0 Å². The van der Waals surface area contributed by atoms with Gasteiger partial charge in [-0.2, -0.15) is 5.26 Å². The van der Waals surface area contributed by atoms with Gasteiger partial charge in [-0.3, -0.25) is 9.69 Å². The Morgan fingerprint density at radius 3 is 2.58 bits per heavy atom. The smallest absolute Gasteiger partial charge is 0.329 e. The van der Waals surface area contributed by atoms with Crippen molar-refractivity contribution in [3.05, 3.63) is 98.1 Å². The van der Waals surface area contributed by atoms with Gasteiger partial charge in [0.25, 0.3) is 5.91 Å². The lowest BCUT2D eigenvalue weighted by atomic mass is 10.1. The maximum atomic E-state index is 12.9. The number of carbonyl (C=O) groups is 2. The van der Waals surface area contributed by atoms with Crippen LogP contribution in [0, 0.1) is 11.3 Å². The van der Waals surface area contributed by atoms with E-state index in [1.54, 1.807) is 36.4 Å². The predicted octanol–water partition coefficient (Wildman–Crippen LogP) is 6.04. The molecule has 182 valence electrons. The van der Waals surface area contributed by atoms with Gasteiger partial charge in [-0.05, 0) is 54.5 Å². The van der Waals surface area contributed by atoms with Gasteiger partial charge in [-0.25, -0.2) is 4.79 Å². The molecule has 1 heterocycles. The van der Waals surface area contributed by atoms with Crippen molar-refractivity contribution in [3.63, 3.8) is 0 Å². The third-order valence-electron chi connectivity index (χ3n) is 5.37. The number of nitrogens with zero attached hydrogens (tertiary/aromatic N) is 2. The van der Waals surface area contributed by atoms with E-state index >= 15 is 0 Å². The van der Waals surface area contributed by atoms with Crippen LogP contribution in [0.2, 0.25) is 5.02 Å². The van der Waals surface area contributed by atoms with Gasteiger partial charge >= 0.3 is 6.03 Å². The molecule has 7 nitrogen and oxygen atoms in total. The van der Waals surface area contributed by atoms with E-state index in [0.717, 1.165) is 20.5 Å². The van der Waals surface area contributed by atoms with Crippen LogP contribution in [0.25, 0.3) is 6.08 Å². The number of nitrogens with one attached hydrogen (secondary N) is 1. The van der Waals surface area contributed by atoms with E-state index in [9.17, 15) is 14.9 Å². The summed E-state index contributed by atoms with van der Waals surface area (Å²) in [7, 11) is 0. The second-order valence-corrected chi connectivity index (χ2v) is 9.15. The number of rotatable bonds is 8. The van der Waals surface area contributed by atoms with Crippen molar-refractivity contribution in [1.82, 2.24) is 10.2 Å². The average Bonchev–Trinajstić information content (AvgIpc) is 3.12. The van der Waals surface area contributed by atoms with Crippen molar-refractivity contribution in [2.75, 3.05) is 6.61 Å². The van der Waals surface area contributed by atoms with E-state index in [1.165, 1.54) is 0 Å². The highest BCUT2D eigenvalue weighted by Crippen LogP contribution is 2.38. The van der Waals surface area contributed by atoms with Crippen molar-refractivity contribution in [3.8, 4) is 17.6 Å².